The molecule has 3 heterocycles. The summed E-state index contributed by atoms with van der Waals surface area (Å²) in [5, 5.41) is 2.62. The molecule has 2 aliphatic rings. The van der Waals surface area contributed by atoms with Crippen LogP contribution in [0.25, 0.3) is 0 Å². The summed E-state index contributed by atoms with van der Waals surface area (Å²) in [6.45, 7) is 2.77. The Bertz CT molecular complexity index is 876. The van der Waals surface area contributed by atoms with Crippen molar-refractivity contribution in [2.75, 3.05) is 38.2 Å². The number of aromatic nitrogens is 1. The molecule has 1 saturated heterocycles. The second kappa shape index (κ2) is 7.88. The summed E-state index contributed by atoms with van der Waals surface area (Å²) in [4.78, 5) is 33.0. The van der Waals surface area contributed by atoms with Gasteiger partial charge in [-0.1, -0.05) is 0 Å². The summed E-state index contributed by atoms with van der Waals surface area (Å²) in [6, 6.07) is 9.17. The van der Waals surface area contributed by atoms with E-state index in [1.165, 1.54) is 6.42 Å². The molecule has 7 heteroatoms. The van der Waals surface area contributed by atoms with Gasteiger partial charge in [-0.05, 0) is 49.6 Å². The Morgan fingerprint density at radius 2 is 1.79 bits per heavy atom. The molecule has 1 N–H and O–H groups in total. The van der Waals surface area contributed by atoms with Gasteiger partial charge in [0.05, 0.1) is 12.1 Å². The zero-order valence-corrected chi connectivity index (χ0v) is 16.0. The Morgan fingerprint density at radius 1 is 1.04 bits per heavy atom. The van der Waals surface area contributed by atoms with Gasteiger partial charge in [-0.2, -0.15) is 0 Å². The molecule has 0 unspecified atom stereocenters. The smallest absolute Gasteiger partial charge is 0.255 e. The summed E-state index contributed by atoms with van der Waals surface area (Å²) < 4.78 is 5.79. The van der Waals surface area contributed by atoms with Gasteiger partial charge < -0.3 is 19.9 Å². The van der Waals surface area contributed by atoms with Crippen molar-refractivity contribution >= 4 is 23.3 Å². The van der Waals surface area contributed by atoms with Crippen LogP contribution >= 0.6 is 0 Å². The van der Waals surface area contributed by atoms with Crippen LogP contribution in [-0.2, 0) is 0 Å². The number of piperidine rings is 1. The van der Waals surface area contributed by atoms with Crippen molar-refractivity contribution < 1.29 is 14.3 Å². The maximum Gasteiger partial charge on any atom is 0.255 e. The number of anilines is 2. The second-order valence-corrected chi connectivity index (χ2v) is 7.02. The topological polar surface area (TPSA) is 74.8 Å². The van der Waals surface area contributed by atoms with Crippen LogP contribution in [0.15, 0.2) is 36.5 Å². The van der Waals surface area contributed by atoms with Crippen molar-refractivity contribution in [3.63, 3.8) is 0 Å². The quantitative estimate of drug-likeness (QED) is 0.886. The maximum atomic E-state index is 12.7. The number of rotatable bonds is 3. The van der Waals surface area contributed by atoms with Gasteiger partial charge >= 0.3 is 0 Å². The van der Waals surface area contributed by atoms with Gasteiger partial charge in [0, 0.05) is 37.6 Å². The Balaban J connectivity index is 1.58. The predicted octanol–water partition coefficient (Wildman–Crippen LogP) is 2.60. The van der Waals surface area contributed by atoms with Crippen molar-refractivity contribution in [3.05, 3.63) is 47.7 Å². The minimum Gasteiger partial charge on any atom is -0.488 e. The lowest BCUT2D eigenvalue weighted by Crippen LogP contribution is -2.36. The lowest BCUT2D eigenvalue weighted by molar-refractivity contribution is 0.0723. The number of pyridine rings is 1. The highest BCUT2D eigenvalue weighted by Crippen LogP contribution is 2.35. The van der Waals surface area contributed by atoms with E-state index in [0.717, 1.165) is 31.6 Å². The first kappa shape index (κ1) is 18.3. The van der Waals surface area contributed by atoms with Gasteiger partial charge in [-0.15, -0.1) is 0 Å². The zero-order chi connectivity index (χ0) is 19.5. The third-order valence-corrected chi connectivity index (χ3v) is 5.22. The largest absolute Gasteiger partial charge is 0.488 e. The average molecular weight is 380 g/mol. The lowest BCUT2D eigenvalue weighted by atomic mass is 10.1. The summed E-state index contributed by atoms with van der Waals surface area (Å²) in [5.74, 6) is 1.21. The molecule has 0 bridgehead atoms. The van der Waals surface area contributed by atoms with Gasteiger partial charge in [-0.3, -0.25) is 9.59 Å². The molecule has 0 radical (unpaired) electrons. The summed E-state index contributed by atoms with van der Waals surface area (Å²) in [7, 11) is 1.61. The van der Waals surface area contributed by atoms with Crippen molar-refractivity contribution in [1.82, 2.24) is 15.2 Å². The van der Waals surface area contributed by atoms with Crippen LogP contribution in [0.2, 0.25) is 0 Å². The predicted molar refractivity (Wildman–Crippen MR) is 106 cm³/mol. The van der Waals surface area contributed by atoms with Crippen LogP contribution in [0.4, 0.5) is 11.5 Å². The SMILES string of the molecule is CNC(=O)c1ccc(N2CCOc3cc(C(=O)N4CCCCC4)cnc32)cc1. The highest BCUT2D eigenvalue weighted by molar-refractivity contribution is 5.95. The average Bonchev–Trinajstić information content (AvgIpc) is 2.78. The molecule has 2 aliphatic heterocycles. The second-order valence-electron chi connectivity index (χ2n) is 7.02. The molecule has 0 saturated carbocycles. The molecule has 1 fully saturated rings. The summed E-state index contributed by atoms with van der Waals surface area (Å²) >= 11 is 0. The van der Waals surface area contributed by atoms with E-state index >= 15 is 0 Å². The molecule has 1 aromatic carbocycles. The van der Waals surface area contributed by atoms with Crippen LogP contribution in [-0.4, -0.2) is 55.0 Å². The van der Waals surface area contributed by atoms with E-state index in [9.17, 15) is 9.59 Å². The lowest BCUT2D eigenvalue weighted by Gasteiger charge is -2.31. The molecule has 28 heavy (non-hydrogen) atoms. The number of fused-ring (bicyclic) bond motifs is 1. The number of ether oxygens (including phenoxy) is 1. The molecule has 146 valence electrons. The van der Waals surface area contributed by atoms with Crippen LogP contribution in [0.3, 0.4) is 0 Å². The van der Waals surface area contributed by atoms with Gasteiger partial charge in [-0.25, -0.2) is 4.98 Å². The van der Waals surface area contributed by atoms with E-state index < -0.39 is 0 Å². The van der Waals surface area contributed by atoms with Gasteiger partial charge in [0.15, 0.2) is 11.6 Å². The molecule has 0 aliphatic carbocycles. The fraction of sp³-hybridized carbons (Fsp3) is 0.381. The first-order valence-electron chi connectivity index (χ1n) is 9.69. The number of amides is 2. The third kappa shape index (κ3) is 3.52. The fourth-order valence-corrected chi connectivity index (χ4v) is 3.68. The minimum atomic E-state index is -0.118. The summed E-state index contributed by atoms with van der Waals surface area (Å²) in [6.07, 6.45) is 4.93. The van der Waals surface area contributed by atoms with E-state index in [1.807, 2.05) is 21.9 Å². The number of benzene rings is 1. The third-order valence-electron chi connectivity index (χ3n) is 5.22. The molecular formula is C21H24N4O3. The van der Waals surface area contributed by atoms with Gasteiger partial charge in [0.25, 0.3) is 11.8 Å². The van der Waals surface area contributed by atoms with Crippen molar-refractivity contribution in [3.8, 4) is 5.75 Å². The van der Waals surface area contributed by atoms with E-state index in [4.69, 9.17) is 4.74 Å². The minimum absolute atomic E-state index is 0.0191. The molecule has 7 nitrogen and oxygen atoms in total. The number of hydrogen-bond acceptors (Lipinski definition) is 5. The highest BCUT2D eigenvalue weighted by Gasteiger charge is 2.25. The molecule has 1 aromatic heterocycles. The highest BCUT2D eigenvalue weighted by atomic mass is 16.5. The number of nitrogens with one attached hydrogen (secondary N) is 1. The maximum absolute atomic E-state index is 12.7. The number of carbonyl (C=O) groups excluding carboxylic acids is 2. The number of hydrogen-bond donors (Lipinski definition) is 1. The van der Waals surface area contributed by atoms with Crippen LogP contribution < -0.4 is 15.0 Å². The standard InChI is InChI=1S/C21H24N4O3/c1-22-20(26)15-5-7-17(8-6-15)25-11-12-28-18-13-16(14-23-19(18)25)21(27)24-9-3-2-4-10-24/h5-8,13-14H,2-4,9-12H2,1H3,(H,22,26). The molecule has 4 rings (SSSR count). The number of carbonyl (C=O) groups is 2. The van der Waals surface area contributed by atoms with Crippen LogP contribution in [0.1, 0.15) is 40.0 Å². The zero-order valence-electron chi connectivity index (χ0n) is 16.0. The van der Waals surface area contributed by atoms with Crippen LogP contribution in [0.5, 0.6) is 5.75 Å². The Kier molecular flexibility index (Phi) is 5.14. The Hall–Kier alpha value is -3.09. The molecule has 0 atom stereocenters. The van der Waals surface area contributed by atoms with Crippen molar-refractivity contribution in [2.24, 2.45) is 0 Å². The first-order valence-corrected chi connectivity index (χ1v) is 9.69. The molecule has 2 amide bonds. The number of likely N-dealkylation sites (tertiary alicyclic amines) is 1. The van der Waals surface area contributed by atoms with Crippen molar-refractivity contribution in [2.45, 2.75) is 19.3 Å². The number of nitrogens with zero attached hydrogens (tertiary/aromatic N) is 3. The van der Waals surface area contributed by atoms with Gasteiger partial charge in [0.2, 0.25) is 0 Å². The molecule has 0 spiro atoms. The van der Waals surface area contributed by atoms with E-state index in [1.54, 1.807) is 31.4 Å². The summed E-state index contributed by atoms with van der Waals surface area (Å²) in [5.41, 5.74) is 2.10. The molecular weight excluding hydrogens is 356 g/mol. The first-order chi connectivity index (χ1) is 13.7. The fourth-order valence-electron chi connectivity index (χ4n) is 3.68. The van der Waals surface area contributed by atoms with Crippen LogP contribution in [0, 0.1) is 0 Å². The normalized spacial score (nSPS) is 16.2. The van der Waals surface area contributed by atoms with E-state index in [0.29, 0.717) is 35.8 Å². The van der Waals surface area contributed by atoms with E-state index in [2.05, 4.69) is 10.3 Å². The van der Waals surface area contributed by atoms with Gasteiger partial charge in [0.1, 0.15) is 6.61 Å². The molecule has 2 aromatic rings. The monoisotopic (exact) mass is 380 g/mol. The van der Waals surface area contributed by atoms with E-state index in [-0.39, 0.29) is 11.8 Å². The Morgan fingerprint density at radius 3 is 2.50 bits per heavy atom. The Labute approximate surface area is 164 Å². The van der Waals surface area contributed by atoms with Crippen molar-refractivity contribution in [1.29, 1.82) is 0 Å².